The molecule has 16 heavy (non-hydrogen) atoms. The zero-order valence-electron chi connectivity index (χ0n) is 9.98. The molecule has 1 atom stereocenters. The second-order valence-corrected chi connectivity index (χ2v) is 4.43. The summed E-state index contributed by atoms with van der Waals surface area (Å²) in [4.78, 5) is 4.27. The quantitative estimate of drug-likeness (QED) is 0.760. The third-order valence-corrected chi connectivity index (χ3v) is 3.12. The zero-order chi connectivity index (χ0) is 11.2. The molecule has 1 aromatic rings. The highest BCUT2D eigenvalue weighted by Crippen LogP contribution is 2.07. The van der Waals surface area contributed by atoms with Crippen molar-refractivity contribution in [3.63, 3.8) is 0 Å². The summed E-state index contributed by atoms with van der Waals surface area (Å²) in [6.07, 6.45) is 8.60. The van der Waals surface area contributed by atoms with Gasteiger partial charge in [-0.1, -0.05) is 6.42 Å². The van der Waals surface area contributed by atoms with E-state index >= 15 is 0 Å². The summed E-state index contributed by atoms with van der Waals surface area (Å²) in [7, 11) is 2.02. The van der Waals surface area contributed by atoms with Gasteiger partial charge in [0.05, 0.1) is 13.2 Å². The molecule has 1 saturated heterocycles. The molecule has 0 aromatic carbocycles. The molecular weight excluding hydrogens is 202 g/mol. The first kappa shape index (κ1) is 11.6. The molecule has 1 fully saturated rings. The smallest absolute Gasteiger partial charge is 0.110 e. The van der Waals surface area contributed by atoms with E-state index in [-0.39, 0.29) is 0 Å². The number of piperidine rings is 1. The Labute approximate surface area is 97.0 Å². The Morgan fingerprint density at radius 3 is 3.19 bits per heavy atom. The average Bonchev–Trinajstić information content (AvgIpc) is 2.72. The topological polar surface area (TPSA) is 39.1 Å². The molecule has 4 nitrogen and oxygen atoms in total. The van der Waals surface area contributed by atoms with Gasteiger partial charge in [-0.05, 0) is 19.4 Å². The van der Waals surface area contributed by atoms with Crippen LogP contribution < -0.4 is 5.32 Å². The van der Waals surface area contributed by atoms with E-state index < -0.39 is 0 Å². The summed E-state index contributed by atoms with van der Waals surface area (Å²) in [5.41, 5.74) is 0. The van der Waals surface area contributed by atoms with Gasteiger partial charge >= 0.3 is 0 Å². The highest BCUT2D eigenvalue weighted by Gasteiger charge is 2.12. The lowest BCUT2D eigenvalue weighted by atomic mass is 10.1. The summed E-state index contributed by atoms with van der Waals surface area (Å²) in [6.45, 7) is 2.75. The standard InChI is InChI=1S/C12H21N3O/c1-15-8-7-14-12(15)5-9-16-10-11-4-2-3-6-13-11/h7-8,11,13H,2-6,9-10H2,1H3. The van der Waals surface area contributed by atoms with E-state index in [1.54, 1.807) is 0 Å². The van der Waals surface area contributed by atoms with E-state index in [1.807, 2.05) is 24.0 Å². The first-order valence-corrected chi connectivity index (χ1v) is 6.13. The predicted octanol–water partition coefficient (Wildman–Crippen LogP) is 1.12. The SMILES string of the molecule is Cn1ccnc1CCOCC1CCCCN1. The van der Waals surface area contributed by atoms with Crippen LogP contribution >= 0.6 is 0 Å². The lowest BCUT2D eigenvalue weighted by Crippen LogP contribution is -2.37. The Hall–Kier alpha value is -0.870. The molecule has 2 rings (SSSR count). The van der Waals surface area contributed by atoms with E-state index in [9.17, 15) is 0 Å². The van der Waals surface area contributed by atoms with Gasteiger partial charge in [-0.25, -0.2) is 4.98 Å². The van der Waals surface area contributed by atoms with Crippen LogP contribution in [0, 0.1) is 0 Å². The molecule has 0 spiro atoms. The van der Waals surface area contributed by atoms with E-state index in [0.717, 1.165) is 32.0 Å². The van der Waals surface area contributed by atoms with Gasteiger partial charge in [0.25, 0.3) is 0 Å². The number of rotatable bonds is 5. The molecule has 1 unspecified atom stereocenters. The van der Waals surface area contributed by atoms with Crippen LogP contribution in [0.5, 0.6) is 0 Å². The van der Waals surface area contributed by atoms with Crippen molar-refractivity contribution in [2.45, 2.75) is 31.7 Å². The Kier molecular flexibility index (Phi) is 4.36. The molecule has 1 aliphatic heterocycles. The van der Waals surface area contributed by atoms with Crippen molar-refractivity contribution in [1.82, 2.24) is 14.9 Å². The Morgan fingerprint density at radius 1 is 1.56 bits per heavy atom. The van der Waals surface area contributed by atoms with Gasteiger partial charge in [-0.3, -0.25) is 0 Å². The molecule has 0 radical (unpaired) electrons. The van der Waals surface area contributed by atoms with Gasteiger partial charge in [-0.2, -0.15) is 0 Å². The van der Waals surface area contributed by atoms with Crippen LogP contribution in [0.15, 0.2) is 12.4 Å². The Morgan fingerprint density at radius 2 is 2.50 bits per heavy atom. The van der Waals surface area contributed by atoms with Crippen molar-refractivity contribution in [1.29, 1.82) is 0 Å². The van der Waals surface area contributed by atoms with E-state index in [4.69, 9.17) is 4.74 Å². The molecule has 0 aliphatic carbocycles. The second-order valence-electron chi connectivity index (χ2n) is 4.43. The number of aryl methyl sites for hydroxylation is 1. The Bertz CT molecular complexity index is 305. The molecule has 0 amide bonds. The lowest BCUT2D eigenvalue weighted by Gasteiger charge is -2.23. The van der Waals surface area contributed by atoms with Gasteiger partial charge in [-0.15, -0.1) is 0 Å². The molecule has 90 valence electrons. The van der Waals surface area contributed by atoms with Crippen molar-refractivity contribution in [2.75, 3.05) is 19.8 Å². The van der Waals surface area contributed by atoms with Crippen LogP contribution in [0.2, 0.25) is 0 Å². The van der Waals surface area contributed by atoms with Crippen LogP contribution in [0.25, 0.3) is 0 Å². The van der Waals surface area contributed by atoms with Crippen molar-refractivity contribution in [3.05, 3.63) is 18.2 Å². The summed E-state index contributed by atoms with van der Waals surface area (Å²) < 4.78 is 7.73. The van der Waals surface area contributed by atoms with Gasteiger partial charge in [0.15, 0.2) is 0 Å². The summed E-state index contributed by atoms with van der Waals surface area (Å²) in [5.74, 6) is 1.09. The highest BCUT2D eigenvalue weighted by molar-refractivity contribution is 4.90. The maximum absolute atomic E-state index is 5.69. The number of nitrogens with one attached hydrogen (secondary N) is 1. The second kappa shape index (κ2) is 6.01. The van der Waals surface area contributed by atoms with Gasteiger partial charge in [0, 0.05) is 31.9 Å². The molecule has 0 bridgehead atoms. The molecule has 4 heteroatoms. The van der Waals surface area contributed by atoms with Crippen LogP contribution in [-0.2, 0) is 18.2 Å². The van der Waals surface area contributed by atoms with Crippen molar-refractivity contribution in [2.24, 2.45) is 7.05 Å². The zero-order valence-corrected chi connectivity index (χ0v) is 9.98. The fourth-order valence-electron chi connectivity index (χ4n) is 2.09. The fraction of sp³-hybridized carbons (Fsp3) is 0.750. The van der Waals surface area contributed by atoms with Crippen molar-refractivity contribution < 1.29 is 4.74 Å². The number of hydrogen-bond acceptors (Lipinski definition) is 3. The molecule has 1 N–H and O–H groups in total. The predicted molar refractivity (Wildman–Crippen MR) is 63.4 cm³/mol. The fourth-order valence-corrected chi connectivity index (χ4v) is 2.09. The number of nitrogens with zero attached hydrogens (tertiary/aromatic N) is 2. The summed E-state index contributed by atoms with van der Waals surface area (Å²) in [6, 6.07) is 0.565. The number of imidazole rings is 1. The largest absolute Gasteiger partial charge is 0.379 e. The first-order valence-electron chi connectivity index (χ1n) is 6.13. The molecule has 1 aromatic heterocycles. The van der Waals surface area contributed by atoms with Crippen LogP contribution in [0.4, 0.5) is 0 Å². The summed E-state index contributed by atoms with van der Waals surface area (Å²) in [5, 5.41) is 3.48. The van der Waals surface area contributed by atoms with Crippen LogP contribution in [0.3, 0.4) is 0 Å². The minimum absolute atomic E-state index is 0.565. The van der Waals surface area contributed by atoms with Crippen molar-refractivity contribution >= 4 is 0 Å². The molecule has 0 saturated carbocycles. The highest BCUT2D eigenvalue weighted by atomic mass is 16.5. The number of aromatic nitrogens is 2. The number of hydrogen-bond donors (Lipinski definition) is 1. The van der Waals surface area contributed by atoms with Gasteiger partial charge in [0.1, 0.15) is 5.82 Å². The molecular formula is C12H21N3O. The molecule has 1 aliphatic rings. The maximum atomic E-state index is 5.69. The van der Waals surface area contributed by atoms with E-state index in [1.165, 1.54) is 19.3 Å². The van der Waals surface area contributed by atoms with Crippen molar-refractivity contribution in [3.8, 4) is 0 Å². The minimum atomic E-state index is 0.565. The van der Waals surface area contributed by atoms with E-state index in [2.05, 4.69) is 10.3 Å². The third-order valence-electron chi connectivity index (χ3n) is 3.12. The van der Waals surface area contributed by atoms with E-state index in [0.29, 0.717) is 6.04 Å². The monoisotopic (exact) mass is 223 g/mol. The number of ether oxygens (including phenoxy) is 1. The average molecular weight is 223 g/mol. The summed E-state index contributed by atoms with van der Waals surface area (Å²) >= 11 is 0. The van der Waals surface area contributed by atoms with Crippen LogP contribution in [-0.4, -0.2) is 35.4 Å². The Balaban J connectivity index is 1.59. The maximum Gasteiger partial charge on any atom is 0.110 e. The third kappa shape index (κ3) is 3.32. The normalized spacial score (nSPS) is 21.2. The lowest BCUT2D eigenvalue weighted by molar-refractivity contribution is 0.104. The van der Waals surface area contributed by atoms with Crippen LogP contribution in [0.1, 0.15) is 25.1 Å². The minimum Gasteiger partial charge on any atom is -0.379 e. The first-order chi connectivity index (χ1) is 7.86. The van der Waals surface area contributed by atoms with Gasteiger partial charge in [0.2, 0.25) is 0 Å². The van der Waals surface area contributed by atoms with Gasteiger partial charge < -0.3 is 14.6 Å². The molecule has 2 heterocycles.